The number of aryl methyl sites for hydroxylation is 3. The number of benzene rings is 3. The summed E-state index contributed by atoms with van der Waals surface area (Å²) in [5.41, 5.74) is 7.56. The zero-order valence-electron chi connectivity index (χ0n) is 20.1. The van der Waals surface area contributed by atoms with Crippen LogP contribution in [0.25, 0.3) is 17.0 Å². The Bertz CT molecular complexity index is 1490. The molecule has 180 valence electrons. The second-order valence-corrected chi connectivity index (χ2v) is 9.36. The Morgan fingerprint density at radius 2 is 1.72 bits per heavy atom. The highest BCUT2D eigenvalue weighted by atomic mass is 19.1. The molecule has 1 N–H and O–H groups in total. The van der Waals surface area contributed by atoms with Gasteiger partial charge in [0.05, 0.1) is 17.3 Å². The summed E-state index contributed by atoms with van der Waals surface area (Å²) in [6.07, 6.45) is 3.23. The van der Waals surface area contributed by atoms with Crippen LogP contribution in [0.4, 0.5) is 14.9 Å². The number of aromatic nitrogens is 2. The van der Waals surface area contributed by atoms with Gasteiger partial charge in [-0.05, 0) is 86.2 Å². The summed E-state index contributed by atoms with van der Waals surface area (Å²) >= 11 is 0. The minimum atomic E-state index is -0.467. The van der Waals surface area contributed by atoms with Crippen LogP contribution in [0.15, 0.2) is 77.0 Å². The molecule has 0 bridgehead atoms. The SMILES string of the molecule is CC1=C(c2nc(-c3ccc(F)cc3)no2)C(c2ccc(C)cc2)NC(=O)N1c1ccc2c(c1)CCC2. The number of nitrogens with zero attached hydrogens (tertiary/aromatic N) is 3. The van der Waals surface area contributed by atoms with Crippen LogP contribution >= 0.6 is 0 Å². The van der Waals surface area contributed by atoms with Gasteiger partial charge >= 0.3 is 6.03 Å². The molecule has 2 amide bonds. The van der Waals surface area contributed by atoms with Crippen molar-refractivity contribution in [3.8, 4) is 11.4 Å². The Labute approximate surface area is 208 Å². The first-order valence-electron chi connectivity index (χ1n) is 12.1. The number of urea groups is 1. The maximum Gasteiger partial charge on any atom is 0.326 e. The van der Waals surface area contributed by atoms with E-state index >= 15 is 0 Å². The van der Waals surface area contributed by atoms with Crippen molar-refractivity contribution in [2.75, 3.05) is 4.90 Å². The Kier molecular flexibility index (Phi) is 5.40. The first kappa shape index (κ1) is 22.2. The number of carbonyl (C=O) groups is 1. The van der Waals surface area contributed by atoms with E-state index in [-0.39, 0.29) is 11.8 Å². The third kappa shape index (κ3) is 3.86. The van der Waals surface area contributed by atoms with E-state index in [1.165, 1.54) is 23.3 Å². The number of carbonyl (C=O) groups excluding carboxylic acids is 1. The van der Waals surface area contributed by atoms with Crippen LogP contribution in [0, 0.1) is 12.7 Å². The highest BCUT2D eigenvalue weighted by Crippen LogP contribution is 2.40. The Hall–Kier alpha value is -4.26. The number of hydrogen-bond acceptors (Lipinski definition) is 4. The van der Waals surface area contributed by atoms with Crippen molar-refractivity contribution >= 4 is 17.3 Å². The number of nitrogens with one attached hydrogen (secondary N) is 1. The Morgan fingerprint density at radius 3 is 2.50 bits per heavy atom. The molecule has 0 saturated heterocycles. The van der Waals surface area contributed by atoms with Crippen LogP contribution in [0.3, 0.4) is 0 Å². The predicted octanol–water partition coefficient (Wildman–Crippen LogP) is 6.37. The molecule has 0 saturated carbocycles. The van der Waals surface area contributed by atoms with E-state index in [9.17, 15) is 9.18 Å². The van der Waals surface area contributed by atoms with Gasteiger partial charge in [-0.25, -0.2) is 9.18 Å². The van der Waals surface area contributed by atoms with E-state index in [1.54, 1.807) is 17.0 Å². The van der Waals surface area contributed by atoms with E-state index in [0.29, 0.717) is 17.3 Å². The van der Waals surface area contributed by atoms with Gasteiger partial charge in [-0.15, -0.1) is 0 Å². The van der Waals surface area contributed by atoms with Crippen molar-refractivity contribution in [1.82, 2.24) is 15.5 Å². The molecule has 0 spiro atoms. The number of allylic oxidation sites excluding steroid dienone is 1. The van der Waals surface area contributed by atoms with E-state index in [0.717, 1.165) is 47.3 Å². The lowest BCUT2D eigenvalue weighted by Gasteiger charge is -2.35. The van der Waals surface area contributed by atoms with Crippen LogP contribution < -0.4 is 10.2 Å². The van der Waals surface area contributed by atoms with Crippen LogP contribution in [0.5, 0.6) is 0 Å². The second-order valence-electron chi connectivity index (χ2n) is 9.36. The van der Waals surface area contributed by atoms with Gasteiger partial charge < -0.3 is 9.84 Å². The van der Waals surface area contributed by atoms with Crippen molar-refractivity contribution < 1.29 is 13.7 Å². The van der Waals surface area contributed by atoms with Gasteiger partial charge in [0.25, 0.3) is 5.89 Å². The maximum atomic E-state index is 13.5. The lowest BCUT2D eigenvalue weighted by molar-refractivity contribution is 0.244. The van der Waals surface area contributed by atoms with E-state index < -0.39 is 6.04 Å². The second kappa shape index (κ2) is 8.75. The standard InChI is InChI=1S/C29H25FN4O2/c1-17-6-8-20(9-7-17)26-25(28-32-27(33-36-28)21-10-13-23(30)14-11-21)18(2)34(29(35)31-26)24-15-12-19-4-3-5-22(19)16-24/h6-16,26H,3-5H2,1-2H3,(H,31,35). The number of hydrogen-bond donors (Lipinski definition) is 1. The minimum Gasteiger partial charge on any atom is -0.334 e. The number of fused-ring (bicyclic) bond motifs is 1. The van der Waals surface area contributed by atoms with Gasteiger partial charge in [0.15, 0.2) is 0 Å². The minimum absolute atomic E-state index is 0.210. The molecule has 6 nitrogen and oxygen atoms in total. The fraction of sp³-hybridized carbons (Fsp3) is 0.207. The monoisotopic (exact) mass is 480 g/mol. The molecule has 7 heteroatoms. The molecule has 6 rings (SSSR count). The van der Waals surface area contributed by atoms with Crippen molar-refractivity contribution in [3.05, 3.63) is 106 Å². The summed E-state index contributed by atoms with van der Waals surface area (Å²) in [6.45, 7) is 3.93. The molecule has 3 aromatic carbocycles. The Morgan fingerprint density at radius 1 is 0.972 bits per heavy atom. The molecular weight excluding hydrogens is 455 g/mol. The molecule has 1 atom stereocenters. The van der Waals surface area contributed by atoms with Gasteiger partial charge in [-0.1, -0.05) is 41.1 Å². The topological polar surface area (TPSA) is 71.3 Å². The zero-order valence-corrected chi connectivity index (χ0v) is 20.1. The van der Waals surface area contributed by atoms with E-state index in [1.807, 2.05) is 44.2 Å². The third-order valence-electron chi connectivity index (χ3n) is 6.99. The number of rotatable bonds is 4. The van der Waals surface area contributed by atoms with Gasteiger partial charge in [0.2, 0.25) is 5.82 Å². The highest BCUT2D eigenvalue weighted by Gasteiger charge is 2.36. The summed E-state index contributed by atoms with van der Waals surface area (Å²) in [4.78, 5) is 19.8. The van der Waals surface area contributed by atoms with Crippen LogP contribution in [-0.2, 0) is 12.8 Å². The smallest absolute Gasteiger partial charge is 0.326 e. The van der Waals surface area contributed by atoms with Crippen molar-refractivity contribution in [2.45, 2.75) is 39.2 Å². The molecule has 2 aliphatic rings. The van der Waals surface area contributed by atoms with Crippen molar-refractivity contribution in [2.24, 2.45) is 0 Å². The average molecular weight is 481 g/mol. The third-order valence-corrected chi connectivity index (χ3v) is 6.99. The normalized spacial score (nSPS) is 17.4. The fourth-order valence-electron chi connectivity index (χ4n) is 5.09. The summed E-state index contributed by atoms with van der Waals surface area (Å²) in [7, 11) is 0. The highest BCUT2D eigenvalue weighted by molar-refractivity contribution is 6.01. The molecule has 1 aliphatic carbocycles. The van der Waals surface area contributed by atoms with Crippen molar-refractivity contribution in [1.29, 1.82) is 0 Å². The van der Waals surface area contributed by atoms with Gasteiger partial charge in [0.1, 0.15) is 5.82 Å². The summed E-state index contributed by atoms with van der Waals surface area (Å²) in [5.74, 6) is 0.331. The molecule has 1 aromatic heterocycles. The Balaban J connectivity index is 1.48. The number of halogens is 1. The lowest BCUT2D eigenvalue weighted by atomic mass is 9.93. The van der Waals surface area contributed by atoms with Crippen molar-refractivity contribution in [3.63, 3.8) is 0 Å². The lowest BCUT2D eigenvalue weighted by Crippen LogP contribution is -2.46. The molecule has 1 aliphatic heterocycles. The largest absolute Gasteiger partial charge is 0.334 e. The summed E-state index contributed by atoms with van der Waals surface area (Å²) in [6, 6.07) is 19.5. The molecule has 0 fully saturated rings. The molecule has 0 radical (unpaired) electrons. The van der Waals surface area contributed by atoms with Crippen LogP contribution in [0.1, 0.15) is 47.5 Å². The van der Waals surface area contributed by atoms with E-state index in [2.05, 4.69) is 27.6 Å². The predicted molar refractivity (Wildman–Crippen MR) is 136 cm³/mol. The first-order valence-corrected chi connectivity index (χ1v) is 12.1. The maximum absolute atomic E-state index is 13.5. The van der Waals surface area contributed by atoms with Gasteiger partial charge in [0, 0.05) is 11.3 Å². The molecular formula is C29H25FN4O2. The average Bonchev–Trinajstić information content (AvgIpc) is 3.54. The fourth-order valence-corrected chi connectivity index (χ4v) is 5.09. The zero-order chi connectivity index (χ0) is 24.8. The summed E-state index contributed by atoms with van der Waals surface area (Å²) < 4.78 is 19.2. The number of anilines is 1. The molecule has 1 unspecified atom stereocenters. The van der Waals surface area contributed by atoms with Gasteiger partial charge in [-0.2, -0.15) is 4.98 Å². The van der Waals surface area contributed by atoms with Crippen LogP contribution in [-0.4, -0.2) is 16.2 Å². The van der Waals surface area contributed by atoms with Crippen LogP contribution in [0.2, 0.25) is 0 Å². The summed E-state index contributed by atoms with van der Waals surface area (Å²) in [5, 5.41) is 7.31. The molecule has 4 aromatic rings. The molecule has 2 heterocycles. The quantitative estimate of drug-likeness (QED) is 0.368. The number of amides is 2. The van der Waals surface area contributed by atoms with Gasteiger partial charge in [-0.3, -0.25) is 4.90 Å². The first-order chi connectivity index (χ1) is 17.5. The van der Waals surface area contributed by atoms with E-state index in [4.69, 9.17) is 4.52 Å². The molecule has 36 heavy (non-hydrogen) atoms.